The second-order valence-electron chi connectivity index (χ2n) is 7.25. The van der Waals surface area contributed by atoms with Crippen LogP contribution in [0.15, 0.2) is 36.7 Å². The van der Waals surface area contributed by atoms with Crippen LogP contribution in [0, 0.1) is 0 Å². The number of piperidine rings is 1. The van der Waals surface area contributed by atoms with Gasteiger partial charge in [-0.3, -0.25) is 9.59 Å². The Morgan fingerprint density at radius 2 is 2.00 bits per heavy atom. The van der Waals surface area contributed by atoms with Gasteiger partial charge in [0.2, 0.25) is 5.91 Å². The molecule has 1 aliphatic heterocycles. The first kappa shape index (κ1) is 21.0. The van der Waals surface area contributed by atoms with Crippen molar-refractivity contribution in [2.24, 2.45) is 0 Å². The highest BCUT2D eigenvalue weighted by Crippen LogP contribution is 2.12. The molecule has 1 aromatic carbocycles. The van der Waals surface area contributed by atoms with E-state index in [0.29, 0.717) is 37.3 Å². The Kier molecular flexibility index (Phi) is 8.21. The van der Waals surface area contributed by atoms with E-state index in [1.54, 1.807) is 36.7 Å². The maximum atomic E-state index is 12.3. The summed E-state index contributed by atoms with van der Waals surface area (Å²) in [7, 11) is 0. The molecule has 0 bridgehead atoms. The van der Waals surface area contributed by atoms with Crippen LogP contribution >= 0.6 is 0 Å². The molecule has 1 saturated heterocycles. The van der Waals surface area contributed by atoms with Crippen molar-refractivity contribution in [2.75, 3.05) is 38.0 Å². The van der Waals surface area contributed by atoms with Crippen LogP contribution in [0.1, 0.15) is 41.9 Å². The van der Waals surface area contributed by atoms with Crippen LogP contribution in [0.2, 0.25) is 0 Å². The lowest BCUT2D eigenvalue weighted by molar-refractivity contribution is -0.116. The standard InChI is InChI=1S/C21H30N6O2/c28-20(7-14-27-12-2-1-3-13-27)26-18-6-4-5-17(15-18)21(29)25-9-8-22-16-19-23-10-11-24-19/h4-6,10-11,15,22H,1-3,7-9,12-14,16H2,(H,23,24)(H,25,29)(H,26,28). The predicted molar refractivity (Wildman–Crippen MR) is 113 cm³/mol. The lowest BCUT2D eigenvalue weighted by Crippen LogP contribution is -2.32. The molecule has 2 amide bonds. The first-order chi connectivity index (χ1) is 14.2. The quantitative estimate of drug-likeness (QED) is 0.457. The van der Waals surface area contributed by atoms with E-state index in [9.17, 15) is 9.59 Å². The molecule has 1 fully saturated rings. The average molecular weight is 399 g/mol. The first-order valence-corrected chi connectivity index (χ1v) is 10.3. The fraction of sp³-hybridized carbons (Fsp3) is 0.476. The molecule has 29 heavy (non-hydrogen) atoms. The Bertz CT molecular complexity index is 771. The van der Waals surface area contributed by atoms with E-state index in [4.69, 9.17) is 0 Å². The normalized spacial score (nSPS) is 14.5. The van der Waals surface area contributed by atoms with E-state index >= 15 is 0 Å². The number of aromatic amines is 1. The molecule has 156 valence electrons. The third-order valence-electron chi connectivity index (χ3n) is 4.95. The summed E-state index contributed by atoms with van der Waals surface area (Å²) in [5, 5.41) is 8.98. The smallest absolute Gasteiger partial charge is 0.251 e. The highest BCUT2D eigenvalue weighted by atomic mass is 16.2. The number of imidazole rings is 1. The SMILES string of the molecule is O=C(CCN1CCCCC1)Nc1cccc(C(=O)NCCNCc2ncc[nH]2)c1. The van der Waals surface area contributed by atoms with Gasteiger partial charge >= 0.3 is 0 Å². The zero-order chi connectivity index (χ0) is 20.3. The van der Waals surface area contributed by atoms with Crippen LogP contribution in [0.4, 0.5) is 5.69 Å². The fourth-order valence-corrected chi connectivity index (χ4v) is 3.37. The third kappa shape index (κ3) is 7.32. The monoisotopic (exact) mass is 398 g/mol. The summed E-state index contributed by atoms with van der Waals surface area (Å²) in [6.07, 6.45) is 7.68. The second-order valence-corrected chi connectivity index (χ2v) is 7.25. The topological polar surface area (TPSA) is 102 Å². The Morgan fingerprint density at radius 3 is 2.79 bits per heavy atom. The molecule has 0 radical (unpaired) electrons. The van der Waals surface area contributed by atoms with Gasteiger partial charge in [-0.25, -0.2) is 4.98 Å². The molecule has 2 aromatic rings. The van der Waals surface area contributed by atoms with Crippen molar-refractivity contribution in [2.45, 2.75) is 32.2 Å². The van der Waals surface area contributed by atoms with Gasteiger partial charge in [0, 0.05) is 49.7 Å². The van der Waals surface area contributed by atoms with E-state index in [1.165, 1.54) is 19.3 Å². The van der Waals surface area contributed by atoms with Crippen LogP contribution in [0.3, 0.4) is 0 Å². The molecule has 0 atom stereocenters. The number of rotatable bonds is 10. The molecule has 0 saturated carbocycles. The Hall–Kier alpha value is -2.71. The maximum Gasteiger partial charge on any atom is 0.251 e. The molecule has 1 aromatic heterocycles. The van der Waals surface area contributed by atoms with E-state index in [-0.39, 0.29) is 11.8 Å². The van der Waals surface area contributed by atoms with E-state index in [1.807, 2.05) is 0 Å². The summed E-state index contributed by atoms with van der Waals surface area (Å²) in [6.45, 7) is 4.72. The molecule has 0 spiro atoms. The molecular weight excluding hydrogens is 368 g/mol. The second kappa shape index (κ2) is 11.3. The van der Waals surface area contributed by atoms with Crippen molar-refractivity contribution >= 4 is 17.5 Å². The Labute approximate surface area is 171 Å². The summed E-state index contributed by atoms with van der Waals surface area (Å²) >= 11 is 0. The van der Waals surface area contributed by atoms with Crippen LogP contribution in [0.5, 0.6) is 0 Å². The summed E-state index contributed by atoms with van der Waals surface area (Å²) in [6, 6.07) is 7.05. The van der Waals surface area contributed by atoms with Gasteiger partial charge in [0.15, 0.2) is 0 Å². The number of hydrogen-bond donors (Lipinski definition) is 4. The minimum absolute atomic E-state index is 0.0183. The molecule has 3 rings (SSSR count). The number of carbonyl (C=O) groups excluding carboxylic acids is 2. The molecule has 2 heterocycles. The maximum absolute atomic E-state index is 12.3. The van der Waals surface area contributed by atoms with Gasteiger partial charge in [0.05, 0.1) is 6.54 Å². The van der Waals surface area contributed by atoms with Crippen molar-refractivity contribution in [1.82, 2.24) is 25.5 Å². The number of amides is 2. The van der Waals surface area contributed by atoms with Gasteiger partial charge in [-0.05, 0) is 44.1 Å². The number of nitrogens with one attached hydrogen (secondary N) is 4. The lowest BCUT2D eigenvalue weighted by Gasteiger charge is -2.25. The van der Waals surface area contributed by atoms with Gasteiger partial charge in [-0.15, -0.1) is 0 Å². The fourth-order valence-electron chi connectivity index (χ4n) is 3.37. The molecule has 0 aliphatic carbocycles. The van der Waals surface area contributed by atoms with Crippen molar-refractivity contribution in [3.05, 3.63) is 48.0 Å². The number of anilines is 1. The number of nitrogens with zero attached hydrogens (tertiary/aromatic N) is 2. The van der Waals surface area contributed by atoms with Crippen LogP contribution < -0.4 is 16.0 Å². The average Bonchev–Trinajstić information content (AvgIpc) is 3.26. The van der Waals surface area contributed by atoms with E-state index < -0.39 is 0 Å². The number of carbonyl (C=O) groups is 2. The first-order valence-electron chi connectivity index (χ1n) is 10.3. The number of hydrogen-bond acceptors (Lipinski definition) is 5. The Balaban J connectivity index is 1.37. The van der Waals surface area contributed by atoms with Gasteiger partial charge in [0.25, 0.3) is 5.91 Å². The minimum atomic E-state index is -0.158. The van der Waals surface area contributed by atoms with Crippen molar-refractivity contribution in [3.63, 3.8) is 0 Å². The molecule has 0 unspecified atom stereocenters. The van der Waals surface area contributed by atoms with Crippen molar-refractivity contribution in [1.29, 1.82) is 0 Å². The molecule has 8 heteroatoms. The minimum Gasteiger partial charge on any atom is -0.351 e. The largest absolute Gasteiger partial charge is 0.351 e. The Morgan fingerprint density at radius 1 is 1.14 bits per heavy atom. The van der Waals surface area contributed by atoms with Gasteiger partial charge in [-0.1, -0.05) is 12.5 Å². The summed E-state index contributed by atoms with van der Waals surface area (Å²) < 4.78 is 0. The van der Waals surface area contributed by atoms with Crippen LogP contribution in [-0.2, 0) is 11.3 Å². The highest BCUT2D eigenvalue weighted by molar-refractivity contribution is 5.97. The summed E-state index contributed by atoms with van der Waals surface area (Å²) in [5.41, 5.74) is 1.18. The zero-order valence-corrected chi connectivity index (χ0v) is 16.7. The van der Waals surface area contributed by atoms with Crippen molar-refractivity contribution < 1.29 is 9.59 Å². The van der Waals surface area contributed by atoms with Gasteiger partial charge in [-0.2, -0.15) is 0 Å². The molecule has 1 aliphatic rings. The number of likely N-dealkylation sites (tertiary alicyclic amines) is 1. The van der Waals surface area contributed by atoms with Gasteiger partial charge < -0.3 is 25.8 Å². The number of H-pyrrole nitrogens is 1. The molecule has 8 nitrogen and oxygen atoms in total. The predicted octanol–water partition coefficient (Wildman–Crippen LogP) is 1.74. The zero-order valence-electron chi connectivity index (χ0n) is 16.7. The number of aromatic nitrogens is 2. The van der Waals surface area contributed by atoms with E-state index in [0.717, 1.165) is 25.5 Å². The van der Waals surface area contributed by atoms with Gasteiger partial charge in [0.1, 0.15) is 5.82 Å². The number of benzene rings is 1. The third-order valence-corrected chi connectivity index (χ3v) is 4.95. The summed E-state index contributed by atoms with van der Waals surface area (Å²) in [5.74, 6) is 0.685. The van der Waals surface area contributed by atoms with Crippen LogP contribution in [0.25, 0.3) is 0 Å². The molecule has 4 N–H and O–H groups in total. The van der Waals surface area contributed by atoms with E-state index in [2.05, 4.69) is 30.8 Å². The lowest BCUT2D eigenvalue weighted by atomic mass is 10.1. The highest BCUT2D eigenvalue weighted by Gasteiger charge is 2.12. The van der Waals surface area contributed by atoms with Crippen LogP contribution in [-0.4, -0.2) is 59.4 Å². The van der Waals surface area contributed by atoms with Crippen molar-refractivity contribution in [3.8, 4) is 0 Å². The molecular formula is C21H30N6O2. The summed E-state index contributed by atoms with van der Waals surface area (Å²) in [4.78, 5) is 34.0.